The van der Waals surface area contributed by atoms with Gasteiger partial charge in [0, 0.05) is 6.42 Å². The normalized spacial score (nSPS) is 11.8. The molecule has 5 nitrogen and oxygen atoms in total. The number of hydrogen-bond acceptors (Lipinski definition) is 5. The van der Waals surface area contributed by atoms with Gasteiger partial charge >= 0.3 is 6.18 Å². The highest BCUT2D eigenvalue weighted by Crippen LogP contribution is 2.22. The summed E-state index contributed by atoms with van der Waals surface area (Å²) < 4.78 is 60.9. The van der Waals surface area contributed by atoms with E-state index in [2.05, 4.69) is 21.5 Å². The van der Waals surface area contributed by atoms with E-state index >= 15 is 0 Å². The van der Waals surface area contributed by atoms with E-state index < -0.39 is 34.8 Å². The van der Waals surface area contributed by atoms with Crippen LogP contribution in [0.5, 0.6) is 0 Å². The van der Waals surface area contributed by atoms with Crippen molar-refractivity contribution in [1.82, 2.24) is 4.98 Å². The van der Waals surface area contributed by atoms with E-state index in [0.717, 1.165) is 11.3 Å². The van der Waals surface area contributed by atoms with Gasteiger partial charge in [-0.2, -0.15) is 13.2 Å². The van der Waals surface area contributed by atoms with Crippen molar-refractivity contribution in [1.29, 1.82) is 0 Å². The lowest BCUT2D eigenvalue weighted by molar-refractivity contribution is -0.134. The summed E-state index contributed by atoms with van der Waals surface area (Å²) in [4.78, 5) is 4.17. The molecule has 0 radical (unpaired) electrons. The molecule has 1 aromatic heterocycles. The van der Waals surface area contributed by atoms with Crippen molar-refractivity contribution in [2.24, 2.45) is 0 Å². The first-order valence-corrected chi connectivity index (χ1v) is 7.81. The molecule has 0 spiro atoms. The van der Waals surface area contributed by atoms with Crippen LogP contribution in [0.25, 0.3) is 0 Å². The Labute approximate surface area is 117 Å². The molecule has 112 valence electrons. The van der Waals surface area contributed by atoms with Gasteiger partial charge in [0.2, 0.25) is 10.0 Å². The minimum atomic E-state index is -4.37. The van der Waals surface area contributed by atoms with E-state index in [1.165, 1.54) is 6.20 Å². The number of sulfonamides is 1. The van der Waals surface area contributed by atoms with E-state index in [-0.39, 0.29) is 11.7 Å². The zero-order valence-corrected chi connectivity index (χ0v) is 11.7. The second-order valence-corrected chi connectivity index (χ2v) is 6.50. The van der Waals surface area contributed by atoms with Crippen LogP contribution in [0, 0.1) is 11.8 Å². The summed E-state index contributed by atoms with van der Waals surface area (Å²) in [6, 6.07) is 0. The molecule has 0 amide bonds. The predicted octanol–water partition coefficient (Wildman–Crippen LogP) is 1.57. The average molecular weight is 328 g/mol. The van der Waals surface area contributed by atoms with Gasteiger partial charge in [-0.05, 0) is 6.42 Å². The Kier molecular flexibility index (Phi) is 5.79. The number of halogens is 3. The van der Waals surface area contributed by atoms with Gasteiger partial charge in [-0.3, -0.25) is 4.72 Å². The van der Waals surface area contributed by atoms with Crippen LogP contribution < -0.4 is 4.72 Å². The fourth-order valence-electron chi connectivity index (χ4n) is 1.15. The fraction of sp³-hybridized carbons (Fsp3) is 0.500. The monoisotopic (exact) mass is 328 g/mol. The number of alkyl halides is 3. The standard InChI is InChI=1S/C10H11F3N2O3S2/c11-10(12,13)4-2-6-20(17,18)15-9-14-7-8(19-9)3-1-5-16/h7,16H,2,4-6H2,(H,14,15). The van der Waals surface area contributed by atoms with Crippen LogP contribution in [0.15, 0.2) is 6.20 Å². The minimum absolute atomic E-state index is 0.0271. The Morgan fingerprint density at radius 2 is 2.15 bits per heavy atom. The molecule has 0 aliphatic carbocycles. The molecule has 10 heteroatoms. The highest BCUT2D eigenvalue weighted by Gasteiger charge is 2.27. The van der Waals surface area contributed by atoms with Crippen LogP contribution in [-0.4, -0.2) is 37.0 Å². The molecule has 0 bridgehead atoms. The number of hydrogen-bond donors (Lipinski definition) is 2. The zero-order chi connectivity index (χ0) is 15.2. The zero-order valence-electron chi connectivity index (χ0n) is 10.1. The van der Waals surface area contributed by atoms with E-state index in [4.69, 9.17) is 5.11 Å². The number of aromatic nitrogens is 1. The molecule has 1 aromatic rings. The summed E-state index contributed by atoms with van der Waals surface area (Å²) in [5.41, 5.74) is 0. The fourth-order valence-corrected chi connectivity index (χ4v) is 3.19. The van der Waals surface area contributed by atoms with Gasteiger partial charge in [0.05, 0.1) is 16.8 Å². The first kappa shape index (κ1) is 16.7. The second kappa shape index (κ2) is 6.92. The van der Waals surface area contributed by atoms with Gasteiger partial charge in [-0.15, -0.1) is 0 Å². The summed E-state index contributed by atoms with van der Waals surface area (Å²) >= 11 is 0.930. The summed E-state index contributed by atoms with van der Waals surface area (Å²) in [6.45, 7) is -0.337. The van der Waals surface area contributed by atoms with Crippen LogP contribution in [0.4, 0.5) is 18.3 Å². The first-order valence-electron chi connectivity index (χ1n) is 5.35. The number of nitrogens with zero attached hydrogens (tertiary/aromatic N) is 1. The Balaban J connectivity index is 2.56. The number of aliphatic hydroxyl groups excluding tert-OH is 1. The van der Waals surface area contributed by atoms with Gasteiger partial charge in [0.15, 0.2) is 5.13 Å². The molecule has 2 N–H and O–H groups in total. The van der Waals surface area contributed by atoms with Crippen molar-refractivity contribution in [3.63, 3.8) is 0 Å². The smallest absolute Gasteiger partial charge is 0.384 e. The Morgan fingerprint density at radius 1 is 1.45 bits per heavy atom. The quantitative estimate of drug-likeness (QED) is 0.804. The Morgan fingerprint density at radius 3 is 2.75 bits per heavy atom. The summed E-state index contributed by atoms with van der Waals surface area (Å²) in [6.07, 6.45) is -4.73. The number of rotatable bonds is 5. The van der Waals surface area contributed by atoms with Crippen LogP contribution in [0.2, 0.25) is 0 Å². The highest BCUT2D eigenvalue weighted by atomic mass is 32.2. The number of aliphatic hydroxyl groups is 1. The van der Waals surface area contributed by atoms with Crippen LogP contribution in [0.1, 0.15) is 17.7 Å². The third-order valence-electron chi connectivity index (χ3n) is 1.91. The van der Waals surface area contributed by atoms with E-state index in [0.29, 0.717) is 4.88 Å². The van der Waals surface area contributed by atoms with Gasteiger partial charge in [0.25, 0.3) is 0 Å². The Hall–Kier alpha value is -1.31. The number of nitrogens with one attached hydrogen (secondary N) is 1. The summed E-state index contributed by atoms with van der Waals surface area (Å²) in [7, 11) is -3.86. The van der Waals surface area contributed by atoms with Crippen molar-refractivity contribution in [3.05, 3.63) is 11.1 Å². The molecule has 0 aliphatic heterocycles. The highest BCUT2D eigenvalue weighted by molar-refractivity contribution is 7.92. The van der Waals surface area contributed by atoms with Crippen molar-refractivity contribution in [3.8, 4) is 11.8 Å². The lowest BCUT2D eigenvalue weighted by atomic mass is 10.3. The summed E-state index contributed by atoms with van der Waals surface area (Å²) in [5.74, 6) is 4.27. The van der Waals surface area contributed by atoms with Crippen LogP contribution >= 0.6 is 11.3 Å². The van der Waals surface area contributed by atoms with E-state index in [1.54, 1.807) is 0 Å². The van der Waals surface area contributed by atoms with Crippen molar-refractivity contribution in [2.75, 3.05) is 17.1 Å². The number of thiazole rings is 1. The molecule has 20 heavy (non-hydrogen) atoms. The molecule has 0 saturated heterocycles. The average Bonchev–Trinajstić information content (AvgIpc) is 2.71. The van der Waals surface area contributed by atoms with Crippen molar-refractivity contribution >= 4 is 26.5 Å². The maximum Gasteiger partial charge on any atom is 0.389 e. The molecular weight excluding hydrogens is 317 g/mol. The van der Waals surface area contributed by atoms with Gasteiger partial charge in [0.1, 0.15) is 6.61 Å². The predicted molar refractivity (Wildman–Crippen MR) is 68.8 cm³/mol. The second-order valence-electron chi connectivity index (χ2n) is 3.63. The molecule has 1 heterocycles. The van der Waals surface area contributed by atoms with Gasteiger partial charge < -0.3 is 5.11 Å². The van der Waals surface area contributed by atoms with Gasteiger partial charge in [-0.25, -0.2) is 13.4 Å². The summed E-state index contributed by atoms with van der Waals surface area (Å²) in [5, 5.41) is 8.52. The molecular formula is C10H11F3N2O3S2. The molecule has 1 rings (SSSR count). The van der Waals surface area contributed by atoms with Gasteiger partial charge in [-0.1, -0.05) is 23.2 Å². The third kappa shape index (κ3) is 6.74. The SMILES string of the molecule is O=S(=O)(CCCC(F)(F)F)Nc1ncc(C#CCO)s1. The molecule has 0 atom stereocenters. The third-order valence-corrected chi connectivity index (χ3v) is 4.20. The van der Waals surface area contributed by atoms with Crippen molar-refractivity contribution in [2.45, 2.75) is 19.0 Å². The molecule has 0 aromatic carbocycles. The largest absolute Gasteiger partial charge is 0.389 e. The topological polar surface area (TPSA) is 79.3 Å². The lowest BCUT2D eigenvalue weighted by Gasteiger charge is -2.07. The maximum absolute atomic E-state index is 11.9. The molecule has 0 fully saturated rings. The lowest BCUT2D eigenvalue weighted by Crippen LogP contribution is -2.18. The van der Waals surface area contributed by atoms with Crippen LogP contribution in [0.3, 0.4) is 0 Å². The number of anilines is 1. The maximum atomic E-state index is 11.9. The van der Waals surface area contributed by atoms with Crippen LogP contribution in [-0.2, 0) is 10.0 Å². The molecule has 0 saturated carbocycles. The molecule has 0 unspecified atom stereocenters. The van der Waals surface area contributed by atoms with E-state index in [9.17, 15) is 21.6 Å². The minimum Gasteiger partial charge on any atom is -0.384 e. The van der Waals surface area contributed by atoms with E-state index in [1.807, 2.05) is 0 Å². The Bertz CT molecular complexity index is 599. The van der Waals surface area contributed by atoms with Crippen molar-refractivity contribution < 1.29 is 26.7 Å². The first-order chi connectivity index (χ1) is 9.22. The molecule has 0 aliphatic rings.